The van der Waals surface area contributed by atoms with Gasteiger partial charge in [0.2, 0.25) is 11.8 Å². The van der Waals surface area contributed by atoms with Gasteiger partial charge in [-0.25, -0.2) is 9.50 Å². The van der Waals surface area contributed by atoms with E-state index < -0.39 is 0 Å². The SMILES string of the molecule is Cc1c(NC2CCC(N)CC2)nn2ccnc2c1Nc1ccc(-c2nnc(-c3ccccc3)o2)cc1. The molecule has 2 aromatic carbocycles. The fourth-order valence-corrected chi connectivity index (χ4v) is 4.65. The average Bonchev–Trinajstić information content (AvgIpc) is 3.59. The Labute approximate surface area is 208 Å². The number of hydrogen-bond donors (Lipinski definition) is 3. The van der Waals surface area contributed by atoms with Crippen molar-refractivity contribution in [2.45, 2.75) is 44.7 Å². The van der Waals surface area contributed by atoms with Gasteiger partial charge in [0.05, 0.1) is 5.69 Å². The molecule has 1 aliphatic carbocycles. The molecule has 9 heteroatoms. The normalized spacial score (nSPS) is 17.8. The van der Waals surface area contributed by atoms with E-state index in [0.29, 0.717) is 23.9 Å². The van der Waals surface area contributed by atoms with Gasteiger partial charge >= 0.3 is 0 Å². The zero-order chi connectivity index (χ0) is 24.5. The molecule has 3 heterocycles. The molecule has 3 aromatic heterocycles. The number of anilines is 3. The monoisotopic (exact) mass is 480 g/mol. The molecule has 0 saturated heterocycles. The first-order valence-electron chi connectivity index (χ1n) is 12.3. The molecule has 5 aromatic rings. The molecule has 4 N–H and O–H groups in total. The molecule has 0 atom stereocenters. The zero-order valence-corrected chi connectivity index (χ0v) is 20.1. The van der Waals surface area contributed by atoms with Crippen LogP contribution in [0.4, 0.5) is 17.2 Å². The van der Waals surface area contributed by atoms with E-state index in [4.69, 9.17) is 15.2 Å². The number of nitrogens with one attached hydrogen (secondary N) is 2. The Morgan fingerprint density at radius 2 is 1.61 bits per heavy atom. The van der Waals surface area contributed by atoms with Gasteiger partial charge in [0, 0.05) is 46.9 Å². The quantitative estimate of drug-likeness (QED) is 0.304. The van der Waals surface area contributed by atoms with E-state index in [2.05, 4.69) is 32.7 Å². The molecule has 1 saturated carbocycles. The van der Waals surface area contributed by atoms with Crippen LogP contribution in [0.15, 0.2) is 71.4 Å². The molecule has 1 aliphatic rings. The summed E-state index contributed by atoms with van der Waals surface area (Å²) in [5.41, 5.74) is 11.5. The third-order valence-corrected chi connectivity index (χ3v) is 6.74. The van der Waals surface area contributed by atoms with Crippen LogP contribution in [0.1, 0.15) is 31.2 Å². The van der Waals surface area contributed by atoms with E-state index in [1.807, 2.05) is 65.3 Å². The lowest BCUT2D eigenvalue weighted by Crippen LogP contribution is -2.33. The molecule has 0 spiro atoms. The first-order chi connectivity index (χ1) is 17.6. The predicted molar refractivity (Wildman–Crippen MR) is 140 cm³/mol. The molecule has 0 aliphatic heterocycles. The number of aromatic nitrogens is 5. The molecule has 0 bridgehead atoms. The highest BCUT2D eigenvalue weighted by Crippen LogP contribution is 2.32. The van der Waals surface area contributed by atoms with E-state index in [1.165, 1.54) is 0 Å². The van der Waals surface area contributed by atoms with Crippen molar-refractivity contribution in [3.05, 3.63) is 72.6 Å². The molecule has 1 fully saturated rings. The van der Waals surface area contributed by atoms with Crippen LogP contribution < -0.4 is 16.4 Å². The summed E-state index contributed by atoms with van der Waals surface area (Å²) in [7, 11) is 0. The van der Waals surface area contributed by atoms with Crippen molar-refractivity contribution in [3.63, 3.8) is 0 Å². The molecule has 9 nitrogen and oxygen atoms in total. The standard InChI is InChI=1S/C27H28N8O/c1-17-23(25-29-15-16-35(25)34-24(17)31-22-13-9-20(28)10-14-22)30-21-11-7-19(8-12-21)27-33-32-26(36-27)18-5-3-2-4-6-18/h2-8,11-12,15-16,20,22,30H,9-10,13-14,28H2,1H3,(H,31,34). The van der Waals surface area contributed by atoms with E-state index in [1.54, 1.807) is 6.20 Å². The highest BCUT2D eigenvalue weighted by atomic mass is 16.4. The van der Waals surface area contributed by atoms with E-state index in [0.717, 1.165) is 65.2 Å². The Kier molecular flexibility index (Phi) is 5.82. The second-order valence-electron chi connectivity index (χ2n) is 9.28. The van der Waals surface area contributed by atoms with Crippen LogP contribution >= 0.6 is 0 Å². The van der Waals surface area contributed by atoms with Crippen LogP contribution in [-0.2, 0) is 0 Å². The minimum Gasteiger partial charge on any atom is -0.416 e. The van der Waals surface area contributed by atoms with Gasteiger partial charge in [-0.1, -0.05) is 18.2 Å². The van der Waals surface area contributed by atoms with Gasteiger partial charge in [-0.15, -0.1) is 15.3 Å². The highest BCUT2D eigenvalue weighted by Gasteiger charge is 2.21. The van der Waals surface area contributed by atoms with Gasteiger partial charge in [-0.2, -0.15) is 0 Å². The third-order valence-electron chi connectivity index (χ3n) is 6.74. The van der Waals surface area contributed by atoms with Gasteiger partial charge in [-0.05, 0) is 69.0 Å². The minimum atomic E-state index is 0.311. The Hall–Kier alpha value is -4.24. The van der Waals surface area contributed by atoms with Crippen molar-refractivity contribution >= 4 is 22.8 Å². The lowest BCUT2D eigenvalue weighted by molar-refractivity contribution is 0.410. The molecule has 36 heavy (non-hydrogen) atoms. The summed E-state index contributed by atoms with van der Waals surface area (Å²) < 4.78 is 7.70. The van der Waals surface area contributed by atoms with Crippen molar-refractivity contribution in [3.8, 4) is 22.9 Å². The summed E-state index contributed by atoms with van der Waals surface area (Å²) in [6.07, 6.45) is 7.80. The molecule has 0 amide bonds. The average molecular weight is 481 g/mol. The molecule has 182 valence electrons. The van der Waals surface area contributed by atoms with Crippen molar-refractivity contribution < 1.29 is 4.42 Å². The number of imidazole rings is 1. The largest absolute Gasteiger partial charge is 0.416 e. The van der Waals surface area contributed by atoms with Crippen LogP contribution in [0.2, 0.25) is 0 Å². The number of nitrogens with two attached hydrogens (primary N) is 1. The topological polar surface area (TPSA) is 119 Å². The van der Waals surface area contributed by atoms with Crippen LogP contribution in [0, 0.1) is 6.92 Å². The second kappa shape index (κ2) is 9.43. The summed E-state index contributed by atoms with van der Waals surface area (Å²) >= 11 is 0. The highest BCUT2D eigenvalue weighted by molar-refractivity contribution is 5.80. The van der Waals surface area contributed by atoms with Crippen molar-refractivity contribution in [1.29, 1.82) is 0 Å². The predicted octanol–water partition coefficient (Wildman–Crippen LogP) is 5.18. The van der Waals surface area contributed by atoms with Crippen LogP contribution in [0.5, 0.6) is 0 Å². The Balaban J connectivity index is 1.24. The Morgan fingerprint density at radius 3 is 2.33 bits per heavy atom. The molecule has 6 rings (SSSR count). The van der Waals surface area contributed by atoms with Crippen molar-refractivity contribution in [1.82, 2.24) is 24.8 Å². The van der Waals surface area contributed by atoms with Crippen molar-refractivity contribution in [2.24, 2.45) is 5.73 Å². The maximum atomic E-state index is 6.09. The molecular weight excluding hydrogens is 452 g/mol. The first-order valence-corrected chi connectivity index (χ1v) is 12.3. The van der Waals surface area contributed by atoms with Gasteiger partial charge in [0.15, 0.2) is 11.5 Å². The fourth-order valence-electron chi connectivity index (χ4n) is 4.65. The number of rotatable bonds is 6. The van der Waals surface area contributed by atoms with Gasteiger partial charge < -0.3 is 20.8 Å². The summed E-state index contributed by atoms with van der Waals surface area (Å²) in [5, 5.41) is 20.4. The van der Waals surface area contributed by atoms with Crippen LogP contribution in [0.3, 0.4) is 0 Å². The third kappa shape index (κ3) is 4.40. The zero-order valence-electron chi connectivity index (χ0n) is 20.1. The fraction of sp³-hybridized carbons (Fsp3) is 0.259. The van der Waals surface area contributed by atoms with E-state index in [9.17, 15) is 0 Å². The van der Waals surface area contributed by atoms with E-state index in [-0.39, 0.29) is 0 Å². The molecule has 0 unspecified atom stereocenters. The van der Waals surface area contributed by atoms with Gasteiger partial charge in [0.25, 0.3) is 0 Å². The number of hydrogen-bond acceptors (Lipinski definition) is 8. The first kappa shape index (κ1) is 22.2. The lowest BCUT2D eigenvalue weighted by atomic mass is 9.92. The number of benzene rings is 2. The van der Waals surface area contributed by atoms with Crippen molar-refractivity contribution in [2.75, 3.05) is 10.6 Å². The Morgan fingerprint density at radius 1 is 0.917 bits per heavy atom. The van der Waals surface area contributed by atoms with Crippen LogP contribution in [0.25, 0.3) is 28.6 Å². The smallest absolute Gasteiger partial charge is 0.248 e. The maximum Gasteiger partial charge on any atom is 0.248 e. The van der Waals surface area contributed by atoms with E-state index >= 15 is 0 Å². The second-order valence-corrected chi connectivity index (χ2v) is 9.28. The van der Waals surface area contributed by atoms with Crippen LogP contribution in [-0.4, -0.2) is 36.9 Å². The molecule has 0 radical (unpaired) electrons. The lowest BCUT2D eigenvalue weighted by Gasteiger charge is -2.28. The summed E-state index contributed by atoms with van der Waals surface area (Å²) in [4.78, 5) is 4.53. The number of nitrogens with zero attached hydrogens (tertiary/aromatic N) is 5. The van der Waals surface area contributed by atoms with Gasteiger partial charge in [-0.3, -0.25) is 0 Å². The minimum absolute atomic E-state index is 0.311. The number of fused-ring (bicyclic) bond motifs is 1. The maximum absolute atomic E-state index is 6.09. The molecular formula is C27H28N8O. The van der Waals surface area contributed by atoms with Gasteiger partial charge in [0.1, 0.15) is 0 Å². The summed E-state index contributed by atoms with van der Waals surface area (Å²) in [6, 6.07) is 18.4. The Bertz CT molecular complexity index is 1470. The summed E-state index contributed by atoms with van der Waals surface area (Å²) in [6.45, 7) is 2.07. The summed E-state index contributed by atoms with van der Waals surface area (Å²) in [5.74, 6) is 1.84.